The summed E-state index contributed by atoms with van der Waals surface area (Å²) < 4.78 is 4.79. The van der Waals surface area contributed by atoms with Crippen LogP contribution in [0.4, 0.5) is 0 Å². The van der Waals surface area contributed by atoms with Crippen molar-refractivity contribution in [1.29, 1.82) is 5.26 Å². The van der Waals surface area contributed by atoms with E-state index in [0.29, 0.717) is 16.5 Å². The van der Waals surface area contributed by atoms with Crippen LogP contribution >= 0.6 is 11.3 Å². The first-order chi connectivity index (χ1) is 6.77. The molecule has 0 aromatic carbocycles. The van der Waals surface area contributed by atoms with E-state index in [1.54, 1.807) is 13.0 Å². The van der Waals surface area contributed by atoms with Crippen LogP contribution in [0, 0.1) is 11.3 Å². The molecule has 1 aromatic heterocycles. The maximum Gasteiger partial charge on any atom is 0.349 e. The minimum absolute atomic E-state index is 0.347. The topological polar surface area (TPSA) is 63.0 Å². The van der Waals surface area contributed by atoms with E-state index in [0.717, 1.165) is 0 Å². The van der Waals surface area contributed by atoms with E-state index in [4.69, 9.17) is 10.00 Å². The first-order valence-corrected chi connectivity index (χ1v) is 4.78. The Labute approximate surface area is 85.5 Å². The number of aromatic nitrogens is 1. The Hall–Kier alpha value is -1.67. The van der Waals surface area contributed by atoms with Gasteiger partial charge in [0.15, 0.2) is 0 Å². The van der Waals surface area contributed by atoms with Crippen molar-refractivity contribution in [3.8, 4) is 6.07 Å². The first-order valence-electron chi connectivity index (χ1n) is 3.97. The van der Waals surface area contributed by atoms with Crippen molar-refractivity contribution in [1.82, 2.24) is 4.98 Å². The number of rotatable bonds is 3. The Bertz CT molecular complexity index is 390. The molecule has 1 aromatic rings. The zero-order chi connectivity index (χ0) is 10.4. The molecule has 4 nitrogen and oxygen atoms in total. The average molecular weight is 208 g/mol. The molecule has 0 aliphatic rings. The Kier molecular flexibility index (Phi) is 3.83. The maximum atomic E-state index is 11.2. The highest BCUT2D eigenvalue weighted by Crippen LogP contribution is 2.15. The Balaban J connectivity index is 2.73. The van der Waals surface area contributed by atoms with Crippen molar-refractivity contribution in [2.45, 2.75) is 6.92 Å². The molecule has 1 rings (SSSR count). The Morgan fingerprint density at radius 3 is 3.29 bits per heavy atom. The zero-order valence-corrected chi connectivity index (χ0v) is 8.37. The number of hydrogen-bond donors (Lipinski definition) is 0. The standard InChI is InChI=1S/C9H8N2O2S/c1-2-13-9(12)7-6-11-8(14-7)4-3-5-10/h3-4,6H,2H2,1H3. The lowest BCUT2D eigenvalue weighted by Crippen LogP contribution is -2.01. The van der Waals surface area contributed by atoms with Gasteiger partial charge in [-0.3, -0.25) is 0 Å². The van der Waals surface area contributed by atoms with Gasteiger partial charge in [0.2, 0.25) is 0 Å². The molecule has 0 amide bonds. The number of nitrogens with zero attached hydrogens (tertiary/aromatic N) is 2. The van der Waals surface area contributed by atoms with Crippen molar-refractivity contribution in [2.24, 2.45) is 0 Å². The quantitative estimate of drug-likeness (QED) is 0.561. The van der Waals surface area contributed by atoms with E-state index in [2.05, 4.69) is 4.98 Å². The molecule has 0 atom stereocenters. The third-order valence-electron chi connectivity index (χ3n) is 1.30. The molecule has 0 saturated heterocycles. The second-order valence-electron chi connectivity index (χ2n) is 2.25. The minimum atomic E-state index is -0.374. The van der Waals surface area contributed by atoms with E-state index in [1.807, 2.05) is 6.07 Å². The molecule has 0 saturated carbocycles. The molecular formula is C9H8N2O2S. The summed E-state index contributed by atoms with van der Waals surface area (Å²) in [5.74, 6) is -0.374. The molecule has 0 radical (unpaired) electrons. The number of thiazole rings is 1. The number of carbonyl (C=O) groups is 1. The first kappa shape index (κ1) is 10.4. The molecule has 72 valence electrons. The minimum Gasteiger partial charge on any atom is -0.462 e. The van der Waals surface area contributed by atoms with Gasteiger partial charge in [-0.05, 0) is 13.0 Å². The van der Waals surface area contributed by atoms with Crippen LogP contribution in [-0.4, -0.2) is 17.6 Å². The fraction of sp³-hybridized carbons (Fsp3) is 0.222. The van der Waals surface area contributed by atoms with Crippen LogP contribution in [0.25, 0.3) is 6.08 Å². The highest BCUT2D eigenvalue weighted by atomic mass is 32.1. The van der Waals surface area contributed by atoms with Gasteiger partial charge in [0.1, 0.15) is 9.88 Å². The summed E-state index contributed by atoms with van der Waals surface area (Å²) in [7, 11) is 0. The highest BCUT2D eigenvalue weighted by molar-refractivity contribution is 7.14. The van der Waals surface area contributed by atoms with Crippen molar-refractivity contribution in [2.75, 3.05) is 6.61 Å². The molecule has 0 unspecified atom stereocenters. The van der Waals surface area contributed by atoms with Crippen molar-refractivity contribution in [3.63, 3.8) is 0 Å². The number of nitriles is 1. The summed E-state index contributed by atoms with van der Waals surface area (Å²) in [4.78, 5) is 15.6. The Morgan fingerprint density at radius 2 is 2.64 bits per heavy atom. The molecular weight excluding hydrogens is 200 g/mol. The predicted molar refractivity (Wildman–Crippen MR) is 52.7 cm³/mol. The summed E-state index contributed by atoms with van der Waals surface area (Å²) in [6.45, 7) is 2.09. The molecule has 5 heteroatoms. The summed E-state index contributed by atoms with van der Waals surface area (Å²) in [5, 5.41) is 8.90. The van der Waals surface area contributed by atoms with Crippen molar-refractivity contribution in [3.05, 3.63) is 22.2 Å². The molecule has 0 fully saturated rings. The molecule has 14 heavy (non-hydrogen) atoms. The molecule has 1 heterocycles. The second-order valence-corrected chi connectivity index (χ2v) is 3.31. The smallest absolute Gasteiger partial charge is 0.349 e. The van der Waals surface area contributed by atoms with E-state index < -0.39 is 0 Å². The summed E-state index contributed by atoms with van der Waals surface area (Å²) in [6, 6.07) is 1.85. The van der Waals surface area contributed by atoms with Gasteiger partial charge in [0.05, 0.1) is 18.9 Å². The van der Waals surface area contributed by atoms with Crippen LogP contribution in [-0.2, 0) is 4.74 Å². The normalized spacial score (nSPS) is 10.0. The fourth-order valence-corrected chi connectivity index (χ4v) is 1.48. The van der Waals surface area contributed by atoms with E-state index >= 15 is 0 Å². The molecule has 0 N–H and O–H groups in total. The van der Waals surface area contributed by atoms with Gasteiger partial charge < -0.3 is 4.74 Å². The fourth-order valence-electron chi connectivity index (χ4n) is 0.770. The predicted octanol–water partition coefficient (Wildman–Crippen LogP) is 1.86. The largest absolute Gasteiger partial charge is 0.462 e. The second kappa shape index (κ2) is 5.14. The number of hydrogen-bond acceptors (Lipinski definition) is 5. The van der Waals surface area contributed by atoms with Crippen molar-refractivity contribution >= 4 is 23.4 Å². The lowest BCUT2D eigenvalue weighted by molar-refractivity contribution is 0.0532. The molecule has 0 aliphatic heterocycles. The van der Waals surface area contributed by atoms with E-state index in [-0.39, 0.29) is 5.97 Å². The van der Waals surface area contributed by atoms with Crippen molar-refractivity contribution < 1.29 is 9.53 Å². The van der Waals surface area contributed by atoms with Crippen LogP contribution < -0.4 is 0 Å². The number of esters is 1. The monoisotopic (exact) mass is 208 g/mol. The van der Waals surface area contributed by atoms with Gasteiger partial charge in [0, 0.05) is 6.08 Å². The van der Waals surface area contributed by atoms with Crippen LogP contribution in [0.15, 0.2) is 12.3 Å². The summed E-state index contributed by atoms with van der Waals surface area (Å²) in [5.41, 5.74) is 0. The third-order valence-corrected chi connectivity index (χ3v) is 2.24. The van der Waals surface area contributed by atoms with Gasteiger partial charge in [-0.15, -0.1) is 11.3 Å². The van der Waals surface area contributed by atoms with Crippen LogP contribution in [0.5, 0.6) is 0 Å². The molecule has 0 bridgehead atoms. The lowest BCUT2D eigenvalue weighted by atomic mass is 10.5. The van der Waals surface area contributed by atoms with Crippen LogP contribution in [0.3, 0.4) is 0 Å². The van der Waals surface area contributed by atoms with Gasteiger partial charge in [-0.2, -0.15) is 5.26 Å². The SMILES string of the molecule is CCOC(=O)c1cnc(C=CC#N)s1. The van der Waals surface area contributed by atoms with Gasteiger partial charge in [0.25, 0.3) is 0 Å². The maximum absolute atomic E-state index is 11.2. The number of allylic oxidation sites excluding steroid dienone is 1. The van der Waals surface area contributed by atoms with E-state index in [1.165, 1.54) is 23.6 Å². The molecule has 0 spiro atoms. The van der Waals surface area contributed by atoms with Gasteiger partial charge >= 0.3 is 5.97 Å². The van der Waals surface area contributed by atoms with Crippen LogP contribution in [0.1, 0.15) is 21.6 Å². The highest BCUT2D eigenvalue weighted by Gasteiger charge is 2.09. The number of ether oxygens (including phenoxy) is 1. The summed E-state index contributed by atoms with van der Waals surface area (Å²) in [6.07, 6.45) is 4.31. The molecule has 0 aliphatic carbocycles. The zero-order valence-electron chi connectivity index (χ0n) is 7.56. The average Bonchev–Trinajstić information content (AvgIpc) is 2.63. The van der Waals surface area contributed by atoms with Gasteiger partial charge in [-0.25, -0.2) is 9.78 Å². The Morgan fingerprint density at radius 1 is 1.86 bits per heavy atom. The number of carbonyl (C=O) groups excluding carboxylic acids is 1. The van der Waals surface area contributed by atoms with Gasteiger partial charge in [-0.1, -0.05) is 0 Å². The third kappa shape index (κ3) is 2.68. The lowest BCUT2D eigenvalue weighted by Gasteiger charge is -1.95. The van der Waals surface area contributed by atoms with Crippen LogP contribution in [0.2, 0.25) is 0 Å². The summed E-state index contributed by atoms with van der Waals surface area (Å²) >= 11 is 1.20. The van der Waals surface area contributed by atoms with E-state index in [9.17, 15) is 4.79 Å².